The molecule has 2 aromatic carbocycles. The molecule has 3 saturated heterocycles. The number of anilines is 2. The molecule has 202 valence electrons. The molecule has 1 unspecified atom stereocenters. The fraction of sp³-hybridized carbons (Fsp3) is 0.464. The van der Waals surface area contributed by atoms with Crippen LogP contribution in [0.4, 0.5) is 24.5 Å². The van der Waals surface area contributed by atoms with E-state index in [1.54, 1.807) is 20.8 Å². The molecule has 3 amide bonds. The minimum atomic E-state index is -4.39. The van der Waals surface area contributed by atoms with E-state index >= 15 is 0 Å². The second-order valence-electron chi connectivity index (χ2n) is 10.2. The molecule has 0 aliphatic carbocycles. The van der Waals surface area contributed by atoms with E-state index in [0.29, 0.717) is 64.3 Å². The van der Waals surface area contributed by atoms with Gasteiger partial charge in [-0.1, -0.05) is 24.3 Å². The minimum absolute atomic E-state index is 0.0302. The van der Waals surface area contributed by atoms with E-state index in [1.807, 2.05) is 35.2 Å². The van der Waals surface area contributed by atoms with Crippen LogP contribution in [0.5, 0.6) is 0 Å². The zero-order valence-corrected chi connectivity index (χ0v) is 21.1. The summed E-state index contributed by atoms with van der Waals surface area (Å²) in [5.41, 5.74) is 0.629. The number of nitrogens with zero attached hydrogens (tertiary/aromatic N) is 4. The predicted molar refractivity (Wildman–Crippen MR) is 136 cm³/mol. The van der Waals surface area contributed by atoms with Crippen molar-refractivity contribution in [3.8, 4) is 0 Å². The molecule has 2 aromatic rings. The van der Waals surface area contributed by atoms with Crippen LogP contribution in [-0.2, 0) is 20.6 Å². The molecule has 3 heterocycles. The molecule has 0 spiro atoms. The van der Waals surface area contributed by atoms with Crippen molar-refractivity contribution in [2.45, 2.75) is 25.4 Å². The van der Waals surface area contributed by atoms with Crippen molar-refractivity contribution in [1.82, 2.24) is 9.80 Å². The summed E-state index contributed by atoms with van der Waals surface area (Å²) >= 11 is 0. The highest BCUT2D eigenvalue weighted by Crippen LogP contribution is 2.32. The molecule has 0 radical (unpaired) electrons. The fourth-order valence-electron chi connectivity index (χ4n) is 5.66. The number of hydrogen-bond acceptors (Lipinski definition) is 4. The maximum absolute atomic E-state index is 13.2. The van der Waals surface area contributed by atoms with Crippen LogP contribution in [0.2, 0.25) is 0 Å². The topological polar surface area (TPSA) is 64.2 Å². The number of benzene rings is 2. The summed E-state index contributed by atoms with van der Waals surface area (Å²) in [5, 5.41) is 0. The number of carbonyl (C=O) groups is 3. The third kappa shape index (κ3) is 5.49. The monoisotopic (exact) mass is 528 g/mol. The second kappa shape index (κ2) is 10.7. The van der Waals surface area contributed by atoms with E-state index in [9.17, 15) is 27.6 Å². The zero-order valence-electron chi connectivity index (χ0n) is 21.1. The minimum Gasteiger partial charge on any atom is -0.368 e. The Hall–Kier alpha value is -3.56. The molecule has 0 N–H and O–H groups in total. The quantitative estimate of drug-likeness (QED) is 0.608. The Morgan fingerprint density at radius 1 is 0.737 bits per heavy atom. The van der Waals surface area contributed by atoms with Gasteiger partial charge in [0.15, 0.2) is 0 Å². The van der Waals surface area contributed by atoms with E-state index in [0.717, 1.165) is 17.8 Å². The SMILES string of the molecule is O=C(C1CCN(C(=O)C2CC(=O)N(c3ccccc3)C2)CC1)N1CCN(c2cccc(C(F)(F)F)c2)CC1. The summed E-state index contributed by atoms with van der Waals surface area (Å²) in [6, 6.07) is 14.6. The summed E-state index contributed by atoms with van der Waals surface area (Å²) < 4.78 is 39.2. The Morgan fingerprint density at radius 2 is 1.34 bits per heavy atom. The van der Waals surface area contributed by atoms with Crippen molar-refractivity contribution in [2.24, 2.45) is 11.8 Å². The van der Waals surface area contributed by atoms with E-state index in [2.05, 4.69) is 0 Å². The van der Waals surface area contributed by atoms with Gasteiger partial charge in [0.25, 0.3) is 0 Å². The number of piperazine rings is 1. The Morgan fingerprint density at radius 3 is 2.00 bits per heavy atom. The zero-order chi connectivity index (χ0) is 26.9. The van der Waals surface area contributed by atoms with Gasteiger partial charge in [0.2, 0.25) is 17.7 Å². The van der Waals surface area contributed by atoms with E-state index in [4.69, 9.17) is 0 Å². The second-order valence-corrected chi connectivity index (χ2v) is 10.2. The average Bonchev–Trinajstić information content (AvgIpc) is 3.34. The number of rotatable bonds is 4. The van der Waals surface area contributed by atoms with Crippen molar-refractivity contribution in [3.05, 3.63) is 60.2 Å². The maximum atomic E-state index is 13.2. The van der Waals surface area contributed by atoms with Gasteiger partial charge in [0.05, 0.1) is 11.5 Å². The van der Waals surface area contributed by atoms with Crippen molar-refractivity contribution in [2.75, 3.05) is 55.6 Å². The van der Waals surface area contributed by atoms with E-state index in [1.165, 1.54) is 6.07 Å². The third-order valence-corrected chi connectivity index (χ3v) is 7.83. The number of hydrogen-bond donors (Lipinski definition) is 0. The van der Waals surface area contributed by atoms with Crippen LogP contribution < -0.4 is 9.80 Å². The Kier molecular flexibility index (Phi) is 7.32. The van der Waals surface area contributed by atoms with Gasteiger partial charge in [-0.2, -0.15) is 13.2 Å². The lowest BCUT2D eigenvalue weighted by Crippen LogP contribution is -2.52. The first-order chi connectivity index (χ1) is 18.2. The maximum Gasteiger partial charge on any atom is 0.416 e. The van der Waals surface area contributed by atoms with Gasteiger partial charge in [0.1, 0.15) is 0 Å². The first kappa shape index (κ1) is 26.1. The summed E-state index contributed by atoms with van der Waals surface area (Å²) in [6.45, 7) is 3.18. The van der Waals surface area contributed by atoms with Gasteiger partial charge in [0, 0.05) is 69.5 Å². The fourth-order valence-corrected chi connectivity index (χ4v) is 5.66. The number of alkyl halides is 3. The predicted octanol–water partition coefficient (Wildman–Crippen LogP) is 3.65. The molecule has 3 fully saturated rings. The van der Waals surface area contributed by atoms with E-state index in [-0.39, 0.29) is 36.0 Å². The lowest BCUT2D eigenvalue weighted by molar-refractivity contribution is -0.142. The van der Waals surface area contributed by atoms with Crippen molar-refractivity contribution < 1.29 is 27.6 Å². The van der Waals surface area contributed by atoms with Gasteiger partial charge >= 0.3 is 6.18 Å². The van der Waals surface area contributed by atoms with Crippen LogP contribution in [0.15, 0.2) is 54.6 Å². The number of para-hydroxylation sites is 1. The molecular weight excluding hydrogens is 497 g/mol. The van der Waals surface area contributed by atoms with Gasteiger partial charge in [-0.15, -0.1) is 0 Å². The summed E-state index contributed by atoms with van der Waals surface area (Å²) in [4.78, 5) is 45.9. The summed E-state index contributed by atoms with van der Waals surface area (Å²) in [6.07, 6.45) is -3.05. The molecule has 10 heteroatoms. The first-order valence-corrected chi connectivity index (χ1v) is 13.1. The number of halogens is 3. The summed E-state index contributed by atoms with van der Waals surface area (Å²) in [5.74, 6) is -0.586. The highest BCUT2D eigenvalue weighted by molar-refractivity contribution is 6.00. The smallest absolute Gasteiger partial charge is 0.368 e. The first-order valence-electron chi connectivity index (χ1n) is 13.1. The Bertz CT molecular complexity index is 1170. The summed E-state index contributed by atoms with van der Waals surface area (Å²) in [7, 11) is 0. The Labute approximate surface area is 219 Å². The molecule has 7 nitrogen and oxygen atoms in total. The number of amides is 3. The molecule has 3 aliphatic heterocycles. The van der Waals surface area contributed by atoms with E-state index < -0.39 is 11.7 Å². The van der Waals surface area contributed by atoms with Crippen LogP contribution in [0.3, 0.4) is 0 Å². The van der Waals surface area contributed by atoms with Crippen LogP contribution in [-0.4, -0.2) is 73.3 Å². The number of piperidine rings is 1. The average molecular weight is 529 g/mol. The lowest BCUT2D eigenvalue weighted by Gasteiger charge is -2.39. The van der Waals surface area contributed by atoms with Gasteiger partial charge in [-0.25, -0.2) is 0 Å². The molecule has 0 bridgehead atoms. The highest BCUT2D eigenvalue weighted by Gasteiger charge is 2.39. The van der Waals surface area contributed by atoms with Crippen molar-refractivity contribution in [3.63, 3.8) is 0 Å². The van der Waals surface area contributed by atoms with Gasteiger partial charge < -0.3 is 19.6 Å². The normalized spacial score (nSPS) is 21.2. The molecule has 3 aliphatic rings. The third-order valence-electron chi connectivity index (χ3n) is 7.83. The van der Waals surface area contributed by atoms with Crippen LogP contribution in [0.1, 0.15) is 24.8 Å². The van der Waals surface area contributed by atoms with Crippen LogP contribution >= 0.6 is 0 Å². The number of carbonyl (C=O) groups excluding carboxylic acids is 3. The van der Waals surface area contributed by atoms with Crippen molar-refractivity contribution in [1.29, 1.82) is 0 Å². The molecule has 1 atom stereocenters. The lowest BCUT2D eigenvalue weighted by atomic mass is 9.93. The van der Waals surface area contributed by atoms with Crippen LogP contribution in [0.25, 0.3) is 0 Å². The molecule has 38 heavy (non-hydrogen) atoms. The van der Waals surface area contributed by atoms with Gasteiger partial charge in [-0.3, -0.25) is 14.4 Å². The standard InChI is InChI=1S/C28H31F3N4O3/c29-28(30,31)22-5-4-8-24(18-22)32-13-15-34(16-14-32)26(37)20-9-11-33(12-10-20)27(38)21-17-25(36)35(19-21)23-6-2-1-3-7-23/h1-8,18,20-21H,9-17,19H2. The van der Waals surface area contributed by atoms with Crippen LogP contribution in [0, 0.1) is 11.8 Å². The number of likely N-dealkylation sites (tertiary alicyclic amines) is 1. The highest BCUT2D eigenvalue weighted by atomic mass is 19.4. The molecule has 0 aromatic heterocycles. The Balaban J connectivity index is 1.10. The molecule has 0 saturated carbocycles. The largest absolute Gasteiger partial charge is 0.416 e. The van der Waals surface area contributed by atoms with Crippen molar-refractivity contribution >= 4 is 29.1 Å². The van der Waals surface area contributed by atoms with Gasteiger partial charge in [-0.05, 0) is 43.2 Å². The molecular formula is C28H31F3N4O3. The molecule has 5 rings (SSSR count).